The zero-order valence-corrected chi connectivity index (χ0v) is 16.1. The number of methoxy groups -OCH3 is 1. The van der Waals surface area contributed by atoms with E-state index in [1.165, 1.54) is 0 Å². The second kappa shape index (κ2) is 8.08. The lowest BCUT2D eigenvalue weighted by Crippen LogP contribution is -2.40. The molecule has 1 aromatic heterocycles. The van der Waals surface area contributed by atoms with Gasteiger partial charge in [0.2, 0.25) is 0 Å². The molecule has 0 spiro atoms. The van der Waals surface area contributed by atoms with E-state index in [4.69, 9.17) is 13.9 Å². The van der Waals surface area contributed by atoms with Crippen LogP contribution in [0.25, 0.3) is 0 Å². The first-order valence-corrected chi connectivity index (χ1v) is 9.53. The molecule has 0 radical (unpaired) electrons. The van der Waals surface area contributed by atoms with Crippen molar-refractivity contribution in [1.82, 2.24) is 4.90 Å². The maximum atomic E-state index is 12.9. The monoisotopic (exact) mass is 398 g/mol. The molecule has 1 saturated heterocycles. The Morgan fingerprint density at radius 1 is 1.21 bits per heavy atom. The summed E-state index contributed by atoms with van der Waals surface area (Å²) in [4.78, 5) is 38.7. The van der Waals surface area contributed by atoms with E-state index >= 15 is 0 Å². The number of likely N-dealkylation sites (tertiary alicyclic amines) is 1. The van der Waals surface area contributed by atoms with E-state index in [1.54, 1.807) is 42.3 Å². The molecule has 3 heterocycles. The van der Waals surface area contributed by atoms with Gasteiger partial charge in [0.15, 0.2) is 18.2 Å². The largest absolute Gasteiger partial charge is 0.482 e. The molecule has 1 aromatic carbocycles. The van der Waals surface area contributed by atoms with Gasteiger partial charge >= 0.3 is 0 Å². The molecule has 0 aliphatic carbocycles. The molecule has 1 N–H and O–H groups in total. The molecule has 0 bridgehead atoms. The number of ketones is 1. The summed E-state index contributed by atoms with van der Waals surface area (Å²) in [5.41, 5.74) is 1.05. The average molecular weight is 398 g/mol. The Morgan fingerprint density at radius 3 is 2.76 bits per heavy atom. The van der Waals surface area contributed by atoms with Crippen molar-refractivity contribution in [2.45, 2.75) is 19.4 Å². The van der Waals surface area contributed by atoms with Gasteiger partial charge in [-0.1, -0.05) is 0 Å². The number of rotatable bonds is 5. The molecule has 2 amide bonds. The highest BCUT2D eigenvalue weighted by Crippen LogP contribution is 2.31. The van der Waals surface area contributed by atoms with Gasteiger partial charge in [-0.05, 0) is 43.2 Å². The van der Waals surface area contributed by atoms with E-state index in [0.29, 0.717) is 55.3 Å². The highest BCUT2D eigenvalue weighted by molar-refractivity contribution is 6.02. The van der Waals surface area contributed by atoms with Gasteiger partial charge in [-0.15, -0.1) is 0 Å². The van der Waals surface area contributed by atoms with Gasteiger partial charge in [-0.25, -0.2) is 0 Å². The molecular weight excluding hydrogens is 376 g/mol. The highest BCUT2D eigenvalue weighted by Gasteiger charge is 2.30. The van der Waals surface area contributed by atoms with Crippen molar-refractivity contribution in [2.24, 2.45) is 5.92 Å². The molecule has 0 saturated carbocycles. The molecule has 4 rings (SSSR count). The van der Waals surface area contributed by atoms with Crippen LogP contribution in [0.3, 0.4) is 0 Å². The number of benzene rings is 1. The molecule has 1 fully saturated rings. The Labute approximate surface area is 167 Å². The number of fused-ring (bicyclic) bond motifs is 1. The van der Waals surface area contributed by atoms with Gasteiger partial charge in [0.05, 0.1) is 5.69 Å². The van der Waals surface area contributed by atoms with Crippen LogP contribution in [-0.2, 0) is 16.1 Å². The maximum Gasteiger partial charge on any atom is 0.289 e. The van der Waals surface area contributed by atoms with Gasteiger partial charge in [0, 0.05) is 31.7 Å². The molecule has 152 valence electrons. The number of piperidine rings is 1. The van der Waals surface area contributed by atoms with Gasteiger partial charge in [-0.3, -0.25) is 14.4 Å². The lowest BCUT2D eigenvalue weighted by Gasteiger charge is -2.31. The van der Waals surface area contributed by atoms with Crippen molar-refractivity contribution in [3.8, 4) is 5.75 Å². The first-order chi connectivity index (χ1) is 14.0. The minimum Gasteiger partial charge on any atom is -0.482 e. The van der Waals surface area contributed by atoms with Crippen molar-refractivity contribution < 1.29 is 28.3 Å². The zero-order valence-electron chi connectivity index (χ0n) is 16.1. The molecular formula is C21H22N2O6. The Bertz CT molecular complexity index is 942. The SMILES string of the molecule is COCc1ccc(C(=O)N2CCC(C(=O)c3ccc4c(c3)NC(=O)CO4)CC2)o1. The number of amides is 2. The van der Waals surface area contributed by atoms with Crippen LogP contribution in [0.2, 0.25) is 0 Å². The third kappa shape index (κ3) is 4.02. The second-order valence-corrected chi connectivity index (χ2v) is 7.18. The van der Waals surface area contributed by atoms with Crippen LogP contribution in [0.1, 0.15) is 39.5 Å². The number of ether oxygens (including phenoxy) is 2. The van der Waals surface area contributed by atoms with Crippen molar-refractivity contribution >= 4 is 23.3 Å². The summed E-state index contributed by atoms with van der Waals surface area (Å²) < 4.78 is 15.8. The zero-order chi connectivity index (χ0) is 20.4. The predicted molar refractivity (Wildman–Crippen MR) is 103 cm³/mol. The van der Waals surface area contributed by atoms with E-state index in [-0.39, 0.29) is 35.9 Å². The summed E-state index contributed by atoms with van der Waals surface area (Å²) >= 11 is 0. The van der Waals surface area contributed by atoms with Crippen LogP contribution in [0.15, 0.2) is 34.7 Å². The minimum absolute atomic E-state index is 0.0140. The number of furan rings is 1. The summed E-state index contributed by atoms with van der Waals surface area (Å²) in [5.74, 6) is 0.884. The summed E-state index contributed by atoms with van der Waals surface area (Å²) in [6.45, 7) is 1.27. The molecule has 2 aromatic rings. The van der Waals surface area contributed by atoms with Gasteiger partial charge in [0.1, 0.15) is 18.1 Å². The Morgan fingerprint density at radius 2 is 2.00 bits per heavy atom. The topological polar surface area (TPSA) is 98.1 Å². The van der Waals surface area contributed by atoms with E-state index in [9.17, 15) is 14.4 Å². The summed E-state index contributed by atoms with van der Waals surface area (Å²) in [7, 11) is 1.56. The summed E-state index contributed by atoms with van der Waals surface area (Å²) in [6, 6.07) is 8.46. The molecule has 8 heteroatoms. The van der Waals surface area contributed by atoms with Crippen molar-refractivity contribution in [3.05, 3.63) is 47.4 Å². The summed E-state index contributed by atoms with van der Waals surface area (Å²) in [6.07, 6.45) is 1.16. The molecule has 2 aliphatic heterocycles. The molecule has 8 nitrogen and oxygen atoms in total. The minimum atomic E-state index is -0.236. The number of nitrogens with zero attached hydrogens (tertiary/aromatic N) is 1. The van der Waals surface area contributed by atoms with Crippen molar-refractivity contribution in [2.75, 3.05) is 32.1 Å². The second-order valence-electron chi connectivity index (χ2n) is 7.18. The number of hydrogen-bond acceptors (Lipinski definition) is 6. The highest BCUT2D eigenvalue weighted by atomic mass is 16.5. The third-order valence-electron chi connectivity index (χ3n) is 5.21. The number of hydrogen-bond donors (Lipinski definition) is 1. The van der Waals surface area contributed by atoms with Crippen molar-refractivity contribution in [3.63, 3.8) is 0 Å². The van der Waals surface area contributed by atoms with Crippen LogP contribution >= 0.6 is 0 Å². The fourth-order valence-corrected chi connectivity index (χ4v) is 3.69. The Balaban J connectivity index is 1.38. The quantitative estimate of drug-likeness (QED) is 0.777. The van der Waals surface area contributed by atoms with Crippen LogP contribution in [-0.4, -0.2) is 49.3 Å². The molecule has 0 unspecified atom stereocenters. The van der Waals surface area contributed by atoms with Crippen LogP contribution < -0.4 is 10.1 Å². The number of anilines is 1. The maximum absolute atomic E-state index is 12.9. The molecule has 0 atom stereocenters. The Hall–Kier alpha value is -3.13. The molecule has 29 heavy (non-hydrogen) atoms. The van der Waals surface area contributed by atoms with Crippen LogP contribution in [0.5, 0.6) is 5.75 Å². The van der Waals surface area contributed by atoms with Crippen LogP contribution in [0, 0.1) is 5.92 Å². The van der Waals surface area contributed by atoms with Crippen molar-refractivity contribution in [1.29, 1.82) is 0 Å². The standard InChI is InChI=1S/C21H22N2O6/c1-27-11-15-3-5-18(29-15)21(26)23-8-6-13(7-9-23)20(25)14-2-4-17-16(10-14)22-19(24)12-28-17/h2-5,10,13H,6-9,11-12H2,1H3,(H,22,24). The van der Waals surface area contributed by atoms with E-state index in [2.05, 4.69) is 5.32 Å². The Kier molecular flexibility index (Phi) is 5.35. The molecule has 2 aliphatic rings. The summed E-state index contributed by atoms with van der Waals surface area (Å²) in [5, 5.41) is 2.72. The van der Waals surface area contributed by atoms with Gasteiger partial charge < -0.3 is 24.1 Å². The van der Waals surface area contributed by atoms with E-state index in [1.807, 2.05) is 0 Å². The normalized spacial score (nSPS) is 16.7. The fourth-order valence-electron chi connectivity index (χ4n) is 3.69. The third-order valence-corrected chi connectivity index (χ3v) is 5.21. The first kappa shape index (κ1) is 19.2. The van der Waals surface area contributed by atoms with Gasteiger partial charge in [0.25, 0.3) is 11.8 Å². The lowest BCUT2D eigenvalue weighted by atomic mass is 9.88. The first-order valence-electron chi connectivity index (χ1n) is 9.53. The smallest absolute Gasteiger partial charge is 0.289 e. The van der Waals surface area contributed by atoms with E-state index < -0.39 is 0 Å². The van der Waals surface area contributed by atoms with Crippen LogP contribution in [0.4, 0.5) is 5.69 Å². The average Bonchev–Trinajstić information content (AvgIpc) is 3.21. The number of carbonyl (C=O) groups excluding carboxylic acids is 3. The van der Waals surface area contributed by atoms with Gasteiger partial charge in [-0.2, -0.15) is 0 Å². The predicted octanol–water partition coefficient (Wildman–Crippen LogP) is 2.49. The fraction of sp³-hybridized carbons (Fsp3) is 0.381. The number of carbonyl (C=O) groups is 3. The van der Waals surface area contributed by atoms with E-state index in [0.717, 1.165) is 0 Å². The number of Topliss-reactive ketones (excluding diaryl/α,β-unsaturated/α-hetero) is 1. The lowest BCUT2D eigenvalue weighted by molar-refractivity contribution is -0.118. The number of nitrogens with one attached hydrogen (secondary N) is 1.